The van der Waals surface area contributed by atoms with Crippen molar-refractivity contribution in [1.82, 2.24) is 0 Å². The number of hydrogen-bond acceptors (Lipinski definition) is 1. The summed E-state index contributed by atoms with van der Waals surface area (Å²) in [5, 5.41) is 0. The van der Waals surface area contributed by atoms with Gasteiger partial charge in [-0.1, -0.05) is 0 Å². The standard InChI is InChI=1S/C8H5F4O.BrH.Mg/c1-3-4(9)6(11)8(13-2)7(12)5(3)10;;/h1H2,2H3;1H;/q-1;;+2/p-1. The average Bonchev–Trinajstić information content (AvgIpc) is 2.13. The Balaban J connectivity index is 0. The predicted molar refractivity (Wildman–Crippen MR) is 43.0 cm³/mol. The van der Waals surface area contributed by atoms with Crippen LogP contribution in [0.5, 0.6) is 5.75 Å². The van der Waals surface area contributed by atoms with Crippen LogP contribution in [-0.2, 0) is 0 Å². The topological polar surface area (TPSA) is 9.23 Å². The Bertz CT molecular complexity index is 330. The van der Waals surface area contributed by atoms with Gasteiger partial charge in [0.1, 0.15) is 11.6 Å². The first-order chi connectivity index (χ1) is 6.00. The van der Waals surface area contributed by atoms with Crippen LogP contribution in [-0.4, -0.2) is 30.2 Å². The molecule has 0 aliphatic heterocycles. The van der Waals surface area contributed by atoms with E-state index in [-0.39, 0.29) is 40.0 Å². The van der Waals surface area contributed by atoms with Crippen molar-refractivity contribution >= 4 is 23.1 Å². The van der Waals surface area contributed by atoms with E-state index in [4.69, 9.17) is 0 Å². The zero-order valence-corrected chi connectivity index (χ0v) is 10.7. The Morgan fingerprint density at radius 1 is 0.933 bits per heavy atom. The second-order valence-corrected chi connectivity index (χ2v) is 2.27. The van der Waals surface area contributed by atoms with E-state index in [0.717, 1.165) is 7.11 Å². The Kier molecular flexibility index (Phi) is 7.41. The van der Waals surface area contributed by atoms with Gasteiger partial charge in [0, 0.05) is 0 Å². The molecule has 0 aliphatic rings. The summed E-state index contributed by atoms with van der Waals surface area (Å²) in [4.78, 5) is 0. The number of hydrogen-bond donors (Lipinski definition) is 0. The maximum absolute atomic E-state index is 12.8. The van der Waals surface area contributed by atoms with Crippen LogP contribution < -0.4 is 21.7 Å². The van der Waals surface area contributed by atoms with Crippen LogP contribution in [0.1, 0.15) is 5.56 Å². The predicted octanol–water partition coefficient (Wildman–Crippen LogP) is -0.943. The molecule has 0 amide bonds. The van der Waals surface area contributed by atoms with Crippen molar-refractivity contribution in [2.45, 2.75) is 0 Å². The molecule has 1 nitrogen and oxygen atoms in total. The van der Waals surface area contributed by atoms with Gasteiger partial charge in [-0.15, -0.1) is 5.56 Å². The second-order valence-electron chi connectivity index (χ2n) is 2.27. The summed E-state index contributed by atoms with van der Waals surface area (Å²) in [6.07, 6.45) is 0. The third kappa shape index (κ3) is 2.91. The molecule has 0 unspecified atom stereocenters. The first kappa shape index (κ1) is 17.3. The van der Waals surface area contributed by atoms with E-state index in [1.807, 2.05) is 0 Å². The zero-order valence-electron chi connectivity index (χ0n) is 7.71. The Hall–Kier alpha value is -0.144. The van der Waals surface area contributed by atoms with Gasteiger partial charge in [-0.2, -0.15) is 6.92 Å². The molecule has 0 fully saturated rings. The molecule has 1 aromatic carbocycles. The molecule has 0 radical (unpaired) electrons. The van der Waals surface area contributed by atoms with E-state index < -0.39 is 34.6 Å². The van der Waals surface area contributed by atoms with Crippen LogP contribution in [0.25, 0.3) is 0 Å². The summed E-state index contributed by atoms with van der Waals surface area (Å²) in [5.74, 6) is -7.33. The molecule has 0 heterocycles. The van der Waals surface area contributed by atoms with Crippen LogP contribution in [0.3, 0.4) is 0 Å². The van der Waals surface area contributed by atoms with Gasteiger partial charge in [0.05, 0.1) is 18.7 Å². The quantitative estimate of drug-likeness (QED) is 0.281. The number of rotatable bonds is 1. The van der Waals surface area contributed by atoms with Crippen LogP contribution in [0.15, 0.2) is 0 Å². The minimum atomic E-state index is -1.58. The van der Waals surface area contributed by atoms with Gasteiger partial charge in [0.2, 0.25) is 0 Å². The number of halogens is 5. The van der Waals surface area contributed by atoms with Crippen molar-refractivity contribution in [2.24, 2.45) is 0 Å². The monoisotopic (exact) mass is 296 g/mol. The molecule has 7 heteroatoms. The summed E-state index contributed by atoms with van der Waals surface area (Å²) in [6.45, 7) is 2.83. The average molecular weight is 297 g/mol. The summed E-state index contributed by atoms with van der Waals surface area (Å²) in [7, 11) is 0.906. The van der Waals surface area contributed by atoms with E-state index in [1.165, 1.54) is 0 Å². The molecule has 1 rings (SSSR count). The van der Waals surface area contributed by atoms with Crippen molar-refractivity contribution < 1.29 is 39.3 Å². The SMILES string of the molecule is [Br-].[CH2-]c1c(F)c(F)c(OC)c(F)c1F.[Mg+2]. The molecule has 15 heavy (non-hydrogen) atoms. The molecule has 0 spiro atoms. The van der Waals surface area contributed by atoms with Gasteiger partial charge < -0.3 is 21.7 Å². The van der Waals surface area contributed by atoms with Crippen molar-refractivity contribution in [3.8, 4) is 5.75 Å². The normalized spacial score (nSPS) is 8.87. The van der Waals surface area contributed by atoms with Crippen molar-refractivity contribution in [3.63, 3.8) is 0 Å². The molecule has 0 saturated heterocycles. The summed E-state index contributed by atoms with van der Waals surface area (Å²) < 4.78 is 55.0. The molecule has 0 aliphatic carbocycles. The molecule has 1 aromatic rings. The third-order valence-electron chi connectivity index (χ3n) is 1.52. The first-order valence-electron chi connectivity index (χ1n) is 3.22. The fourth-order valence-corrected chi connectivity index (χ4v) is 0.836. The van der Waals surface area contributed by atoms with E-state index in [1.54, 1.807) is 0 Å². The molecular formula is C8H5BrF4MgO. The molecule has 0 atom stereocenters. The number of ether oxygens (including phenoxy) is 1. The summed E-state index contributed by atoms with van der Waals surface area (Å²) in [5.41, 5.74) is -0.948. The van der Waals surface area contributed by atoms with Crippen LogP contribution in [0.2, 0.25) is 0 Å². The molecular weight excluding hydrogens is 292 g/mol. The van der Waals surface area contributed by atoms with Gasteiger partial charge in [-0.05, 0) is 0 Å². The number of methoxy groups -OCH3 is 1. The summed E-state index contributed by atoms with van der Waals surface area (Å²) in [6, 6.07) is 0. The molecule has 0 aromatic heterocycles. The van der Waals surface area contributed by atoms with Crippen LogP contribution in [0.4, 0.5) is 17.6 Å². The molecule has 80 valence electrons. The largest absolute Gasteiger partial charge is 2.00 e. The van der Waals surface area contributed by atoms with Gasteiger partial charge in [-0.25, -0.2) is 8.78 Å². The first-order valence-corrected chi connectivity index (χ1v) is 3.22. The Morgan fingerprint density at radius 3 is 1.53 bits per heavy atom. The second kappa shape index (κ2) is 6.44. The van der Waals surface area contributed by atoms with Crippen molar-refractivity contribution in [3.05, 3.63) is 35.8 Å². The smallest absolute Gasteiger partial charge is 1.00 e. The summed E-state index contributed by atoms with van der Waals surface area (Å²) >= 11 is 0. The Labute approximate surface area is 111 Å². The van der Waals surface area contributed by atoms with E-state index >= 15 is 0 Å². The van der Waals surface area contributed by atoms with Crippen molar-refractivity contribution in [2.75, 3.05) is 7.11 Å². The molecule has 0 saturated carbocycles. The maximum Gasteiger partial charge on any atom is 2.00 e. The van der Waals surface area contributed by atoms with Crippen LogP contribution in [0, 0.1) is 30.2 Å². The fourth-order valence-electron chi connectivity index (χ4n) is 0.836. The maximum atomic E-state index is 12.8. The van der Waals surface area contributed by atoms with Gasteiger partial charge >= 0.3 is 23.1 Å². The van der Waals surface area contributed by atoms with E-state index in [0.29, 0.717) is 0 Å². The number of benzene rings is 1. The van der Waals surface area contributed by atoms with Gasteiger partial charge in [0.15, 0.2) is 5.75 Å². The fraction of sp³-hybridized carbons (Fsp3) is 0.125. The van der Waals surface area contributed by atoms with Crippen LogP contribution >= 0.6 is 0 Å². The molecule has 0 N–H and O–H groups in total. The minimum absolute atomic E-state index is 0. The van der Waals surface area contributed by atoms with Crippen molar-refractivity contribution in [1.29, 1.82) is 0 Å². The molecule has 0 bridgehead atoms. The van der Waals surface area contributed by atoms with E-state index in [2.05, 4.69) is 11.7 Å². The van der Waals surface area contributed by atoms with Gasteiger partial charge in [0.25, 0.3) is 0 Å². The van der Waals surface area contributed by atoms with Gasteiger partial charge in [-0.3, -0.25) is 8.78 Å². The third-order valence-corrected chi connectivity index (χ3v) is 1.52. The van der Waals surface area contributed by atoms with E-state index in [9.17, 15) is 17.6 Å². The minimum Gasteiger partial charge on any atom is -1.00 e. The Morgan fingerprint density at radius 2 is 1.27 bits per heavy atom. The zero-order chi connectivity index (χ0) is 10.2.